The summed E-state index contributed by atoms with van der Waals surface area (Å²) >= 11 is 5.99. The van der Waals surface area contributed by atoms with E-state index in [1.54, 1.807) is 0 Å². The summed E-state index contributed by atoms with van der Waals surface area (Å²) in [5.74, 6) is 0.0632. The van der Waals surface area contributed by atoms with Gasteiger partial charge < -0.3 is 10.6 Å². The van der Waals surface area contributed by atoms with Crippen LogP contribution >= 0.6 is 11.6 Å². The van der Waals surface area contributed by atoms with Crippen LogP contribution in [-0.4, -0.2) is 19.0 Å². The van der Waals surface area contributed by atoms with E-state index in [-0.39, 0.29) is 5.91 Å². The Morgan fingerprint density at radius 2 is 2.19 bits per heavy atom. The second kappa shape index (κ2) is 6.38. The highest BCUT2D eigenvalue weighted by Crippen LogP contribution is 2.19. The maximum atomic E-state index is 11.2. The average molecular weight is 241 g/mol. The highest BCUT2D eigenvalue weighted by molar-refractivity contribution is 6.31. The normalized spacial score (nSPS) is 9.94. The minimum Gasteiger partial charge on any atom is -0.384 e. The lowest BCUT2D eigenvalue weighted by atomic mass is 10.2. The molecule has 0 radical (unpaired) electrons. The number of aryl methyl sites for hydroxylation is 1. The molecule has 0 saturated heterocycles. The maximum Gasteiger partial charge on any atom is 0.221 e. The number of nitrogens with one attached hydrogen (secondary N) is 2. The summed E-state index contributed by atoms with van der Waals surface area (Å²) in [6.45, 7) is 5.16. The van der Waals surface area contributed by atoms with Crippen LogP contribution in [0.25, 0.3) is 0 Å². The number of hydrogen-bond acceptors (Lipinski definition) is 2. The Morgan fingerprint density at radius 1 is 1.44 bits per heavy atom. The molecule has 0 heterocycles. The molecule has 0 fully saturated rings. The predicted octanol–water partition coefficient (Wildman–Crippen LogP) is 2.59. The van der Waals surface area contributed by atoms with Gasteiger partial charge in [0.25, 0.3) is 0 Å². The van der Waals surface area contributed by atoms with Crippen LogP contribution in [0.4, 0.5) is 5.69 Å². The molecule has 0 aliphatic heterocycles. The van der Waals surface area contributed by atoms with Crippen LogP contribution in [0.2, 0.25) is 5.02 Å². The van der Waals surface area contributed by atoms with Gasteiger partial charge in [-0.05, 0) is 31.5 Å². The quantitative estimate of drug-likeness (QED) is 0.831. The van der Waals surface area contributed by atoms with Gasteiger partial charge in [0.05, 0.1) is 0 Å². The van der Waals surface area contributed by atoms with Crippen molar-refractivity contribution in [3.05, 3.63) is 28.8 Å². The van der Waals surface area contributed by atoms with Gasteiger partial charge in [-0.15, -0.1) is 0 Å². The van der Waals surface area contributed by atoms with E-state index in [1.165, 1.54) is 0 Å². The highest BCUT2D eigenvalue weighted by atomic mass is 35.5. The second-order valence-electron chi connectivity index (χ2n) is 3.59. The Labute approximate surface area is 101 Å². The van der Waals surface area contributed by atoms with E-state index in [1.807, 2.05) is 32.0 Å². The number of anilines is 1. The molecule has 1 aromatic rings. The number of halogens is 1. The van der Waals surface area contributed by atoms with Crippen molar-refractivity contribution >= 4 is 23.2 Å². The van der Waals surface area contributed by atoms with Crippen molar-refractivity contribution in [2.24, 2.45) is 0 Å². The van der Waals surface area contributed by atoms with Crippen LogP contribution in [0.3, 0.4) is 0 Å². The third-order valence-electron chi connectivity index (χ3n) is 2.23. The van der Waals surface area contributed by atoms with Crippen molar-refractivity contribution in [2.45, 2.75) is 20.3 Å². The monoisotopic (exact) mass is 240 g/mol. The van der Waals surface area contributed by atoms with Gasteiger partial charge in [-0.25, -0.2) is 0 Å². The fourth-order valence-corrected chi connectivity index (χ4v) is 1.49. The van der Waals surface area contributed by atoms with Gasteiger partial charge in [-0.2, -0.15) is 0 Å². The Bertz CT molecular complexity index is 366. The Morgan fingerprint density at radius 3 is 2.81 bits per heavy atom. The minimum atomic E-state index is 0.0632. The van der Waals surface area contributed by atoms with Crippen LogP contribution in [0.15, 0.2) is 18.2 Å². The van der Waals surface area contributed by atoms with E-state index in [9.17, 15) is 4.79 Å². The van der Waals surface area contributed by atoms with Crippen LogP contribution in [0.1, 0.15) is 18.9 Å². The third-order valence-corrected chi connectivity index (χ3v) is 2.63. The van der Waals surface area contributed by atoms with Gasteiger partial charge in [-0.3, -0.25) is 4.79 Å². The molecule has 1 rings (SSSR count). The summed E-state index contributed by atoms with van der Waals surface area (Å²) in [5.41, 5.74) is 2.00. The topological polar surface area (TPSA) is 41.1 Å². The van der Waals surface area contributed by atoms with Crippen molar-refractivity contribution < 1.29 is 4.79 Å². The first-order valence-electron chi connectivity index (χ1n) is 5.40. The summed E-state index contributed by atoms with van der Waals surface area (Å²) in [6, 6.07) is 5.78. The molecular weight excluding hydrogens is 224 g/mol. The molecule has 16 heavy (non-hydrogen) atoms. The van der Waals surface area contributed by atoms with Crippen molar-refractivity contribution in [3.8, 4) is 0 Å². The molecule has 0 aliphatic rings. The Kier molecular flexibility index (Phi) is 5.12. The average Bonchev–Trinajstić information content (AvgIpc) is 2.24. The van der Waals surface area contributed by atoms with E-state index < -0.39 is 0 Å². The van der Waals surface area contributed by atoms with Crippen LogP contribution in [0.5, 0.6) is 0 Å². The molecule has 0 aliphatic carbocycles. The van der Waals surface area contributed by atoms with E-state index >= 15 is 0 Å². The molecule has 4 heteroatoms. The minimum absolute atomic E-state index is 0.0632. The third kappa shape index (κ3) is 4.11. The molecule has 88 valence electrons. The number of carbonyl (C=O) groups excluding carboxylic acids is 1. The van der Waals surface area contributed by atoms with E-state index in [0.29, 0.717) is 19.5 Å². The van der Waals surface area contributed by atoms with E-state index in [0.717, 1.165) is 16.3 Å². The van der Waals surface area contributed by atoms with Gasteiger partial charge in [0.15, 0.2) is 0 Å². The standard InChI is InChI=1S/C12H17ClN2O/c1-3-14-12(16)6-7-15-10-5-4-9(2)11(13)8-10/h4-5,8,15H,3,6-7H2,1-2H3,(H,14,16). The van der Waals surface area contributed by atoms with E-state index in [2.05, 4.69) is 10.6 Å². The maximum absolute atomic E-state index is 11.2. The number of amides is 1. The summed E-state index contributed by atoms with van der Waals surface area (Å²) in [5, 5.41) is 6.64. The number of rotatable bonds is 5. The van der Waals surface area contributed by atoms with Crippen molar-refractivity contribution in [3.63, 3.8) is 0 Å². The molecule has 0 spiro atoms. The molecule has 1 amide bonds. The lowest BCUT2D eigenvalue weighted by molar-refractivity contribution is -0.120. The fourth-order valence-electron chi connectivity index (χ4n) is 1.31. The Balaban J connectivity index is 2.37. The molecule has 0 unspecified atom stereocenters. The van der Waals surface area contributed by atoms with Crippen molar-refractivity contribution in [1.29, 1.82) is 0 Å². The second-order valence-corrected chi connectivity index (χ2v) is 4.00. The zero-order chi connectivity index (χ0) is 12.0. The lowest BCUT2D eigenvalue weighted by Gasteiger charge is -2.07. The largest absolute Gasteiger partial charge is 0.384 e. The SMILES string of the molecule is CCNC(=O)CCNc1ccc(C)c(Cl)c1. The molecular formula is C12H17ClN2O. The predicted molar refractivity (Wildman–Crippen MR) is 68.0 cm³/mol. The lowest BCUT2D eigenvalue weighted by Crippen LogP contribution is -2.24. The number of benzene rings is 1. The Hall–Kier alpha value is -1.22. The molecule has 1 aromatic carbocycles. The molecule has 0 atom stereocenters. The van der Waals surface area contributed by atoms with Crippen LogP contribution in [-0.2, 0) is 4.79 Å². The highest BCUT2D eigenvalue weighted by Gasteiger charge is 2.00. The number of carbonyl (C=O) groups is 1. The summed E-state index contributed by atoms with van der Waals surface area (Å²) in [7, 11) is 0. The van der Waals surface area contributed by atoms with Gasteiger partial charge in [0.2, 0.25) is 5.91 Å². The molecule has 0 aromatic heterocycles. The van der Waals surface area contributed by atoms with Crippen LogP contribution < -0.4 is 10.6 Å². The summed E-state index contributed by atoms with van der Waals surface area (Å²) < 4.78 is 0. The fraction of sp³-hybridized carbons (Fsp3) is 0.417. The molecule has 2 N–H and O–H groups in total. The van der Waals surface area contributed by atoms with E-state index in [4.69, 9.17) is 11.6 Å². The van der Waals surface area contributed by atoms with Gasteiger partial charge >= 0.3 is 0 Å². The zero-order valence-electron chi connectivity index (χ0n) is 9.64. The summed E-state index contributed by atoms with van der Waals surface area (Å²) in [4.78, 5) is 11.2. The molecule has 0 saturated carbocycles. The first-order chi connectivity index (χ1) is 7.63. The first-order valence-corrected chi connectivity index (χ1v) is 5.78. The van der Waals surface area contributed by atoms with Crippen molar-refractivity contribution in [1.82, 2.24) is 5.32 Å². The first kappa shape index (κ1) is 12.8. The van der Waals surface area contributed by atoms with Gasteiger partial charge in [-0.1, -0.05) is 17.7 Å². The summed E-state index contributed by atoms with van der Waals surface area (Å²) in [6.07, 6.45) is 0.472. The number of hydrogen-bond donors (Lipinski definition) is 2. The van der Waals surface area contributed by atoms with Gasteiger partial charge in [0, 0.05) is 30.2 Å². The van der Waals surface area contributed by atoms with Crippen molar-refractivity contribution in [2.75, 3.05) is 18.4 Å². The zero-order valence-corrected chi connectivity index (χ0v) is 10.4. The molecule has 0 bridgehead atoms. The molecule has 3 nitrogen and oxygen atoms in total. The van der Waals surface area contributed by atoms with Gasteiger partial charge in [0.1, 0.15) is 0 Å². The van der Waals surface area contributed by atoms with Crippen LogP contribution in [0, 0.1) is 6.92 Å². The smallest absolute Gasteiger partial charge is 0.221 e.